The van der Waals surface area contributed by atoms with E-state index in [0.717, 1.165) is 35.8 Å². The van der Waals surface area contributed by atoms with Gasteiger partial charge in [0.25, 0.3) is 5.91 Å². The van der Waals surface area contributed by atoms with Crippen molar-refractivity contribution in [3.8, 4) is 0 Å². The van der Waals surface area contributed by atoms with Gasteiger partial charge < -0.3 is 15.0 Å². The molecule has 1 aromatic heterocycles. The summed E-state index contributed by atoms with van der Waals surface area (Å²) in [6, 6.07) is 2.36. The van der Waals surface area contributed by atoms with Gasteiger partial charge in [0.1, 0.15) is 5.69 Å². The van der Waals surface area contributed by atoms with Crippen molar-refractivity contribution >= 4 is 21.8 Å². The maximum atomic E-state index is 12.0. The average molecular weight is 301 g/mol. The standard InChI is InChI=1S/C12H17BrN2O2/c13-9-7-11(15(8-9)10-3-4-10)12(17)14-5-1-2-6-16/h7-8,10,16H,1-6H2,(H,14,17). The zero-order valence-corrected chi connectivity index (χ0v) is 11.2. The van der Waals surface area contributed by atoms with Crippen LogP contribution < -0.4 is 5.32 Å². The highest BCUT2D eigenvalue weighted by Gasteiger charge is 2.27. The fraction of sp³-hybridized carbons (Fsp3) is 0.583. The predicted molar refractivity (Wildman–Crippen MR) is 69.1 cm³/mol. The summed E-state index contributed by atoms with van der Waals surface area (Å²) in [5.74, 6) is -0.0273. The lowest BCUT2D eigenvalue weighted by molar-refractivity contribution is 0.0942. The van der Waals surface area contributed by atoms with E-state index in [2.05, 4.69) is 21.2 Å². The van der Waals surface area contributed by atoms with Crippen molar-refractivity contribution in [2.24, 2.45) is 0 Å². The molecule has 2 N–H and O–H groups in total. The lowest BCUT2D eigenvalue weighted by atomic mass is 10.3. The second kappa shape index (κ2) is 5.69. The van der Waals surface area contributed by atoms with E-state index in [1.165, 1.54) is 0 Å². The Bertz CT molecular complexity index is 399. The first-order valence-electron chi connectivity index (χ1n) is 5.99. The first-order chi connectivity index (χ1) is 8.22. The highest BCUT2D eigenvalue weighted by Crippen LogP contribution is 2.37. The maximum absolute atomic E-state index is 12.0. The molecule has 4 nitrogen and oxygen atoms in total. The number of unbranched alkanes of at least 4 members (excludes halogenated alkanes) is 1. The molecule has 1 heterocycles. The Labute approximate surface area is 109 Å². The van der Waals surface area contributed by atoms with Crippen LogP contribution in [0.2, 0.25) is 0 Å². The summed E-state index contributed by atoms with van der Waals surface area (Å²) in [4.78, 5) is 12.0. The summed E-state index contributed by atoms with van der Waals surface area (Å²) in [6.07, 6.45) is 5.83. The average Bonchev–Trinajstić information content (AvgIpc) is 3.08. The molecule has 17 heavy (non-hydrogen) atoms. The van der Waals surface area contributed by atoms with Gasteiger partial charge in [-0.15, -0.1) is 0 Å². The molecule has 1 saturated carbocycles. The summed E-state index contributed by atoms with van der Waals surface area (Å²) < 4.78 is 3.00. The molecule has 1 aromatic rings. The molecule has 0 unspecified atom stereocenters. The van der Waals surface area contributed by atoms with Gasteiger partial charge in [-0.2, -0.15) is 0 Å². The van der Waals surface area contributed by atoms with Gasteiger partial charge in [0.05, 0.1) is 0 Å². The van der Waals surface area contributed by atoms with Crippen LogP contribution in [0.3, 0.4) is 0 Å². The van der Waals surface area contributed by atoms with Crippen LogP contribution in [0.4, 0.5) is 0 Å². The Morgan fingerprint density at radius 2 is 2.29 bits per heavy atom. The molecule has 1 aliphatic rings. The monoisotopic (exact) mass is 300 g/mol. The summed E-state index contributed by atoms with van der Waals surface area (Å²) in [6.45, 7) is 0.798. The van der Waals surface area contributed by atoms with E-state index < -0.39 is 0 Å². The minimum Gasteiger partial charge on any atom is -0.396 e. The number of carbonyl (C=O) groups is 1. The van der Waals surface area contributed by atoms with E-state index in [1.54, 1.807) is 0 Å². The smallest absolute Gasteiger partial charge is 0.267 e. The van der Waals surface area contributed by atoms with Crippen LogP contribution in [0, 0.1) is 0 Å². The van der Waals surface area contributed by atoms with Gasteiger partial charge in [-0.1, -0.05) is 0 Å². The summed E-state index contributed by atoms with van der Waals surface area (Å²) in [5.41, 5.74) is 0.725. The number of rotatable bonds is 6. The van der Waals surface area contributed by atoms with Gasteiger partial charge in [-0.3, -0.25) is 4.79 Å². The van der Waals surface area contributed by atoms with Crippen molar-refractivity contribution in [3.63, 3.8) is 0 Å². The van der Waals surface area contributed by atoms with Crippen LogP contribution in [-0.4, -0.2) is 28.7 Å². The van der Waals surface area contributed by atoms with Crippen molar-refractivity contribution in [1.82, 2.24) is 9.88 Å². The Kier molecular flexibility index (Phi) is 4.23. The minimum absolute atomic E-state index is 0.0273. The fourth-order valence-corrected chi connectivity index (χ4v) is 2.25. The Balaban J connectivity index is 1.93. The van der Waals surface area contributed by atoms with E-state index in [0.29, 0.717) is 12.6 Å². The number of nitrogens with one attached hydrogen (secondary N) is 1. The topological polar surface area (TPSA) is 54.3 Å². The molecular formula is C12H17BrN2O2. The third kappa shape index (κ3) is 3.33. The summed E-state index contributed by atoms with van der Waals surface area (Å²) in [7, 11) is 0. The van der Waals surface area contributed by atoms with Crippen molar-refractivity contribution < 1.29 is 9.90 Å². The van der Waals surface area contributed by atoms with E-state index in [1.807, 2.05) is 16.8 Å². The number of nitrogens with zero attached hydrogens (tertiary/aromatic N) is 1. The molecule has 0 bridgehead atoms. The van der Waals surface area contributed by atoms with Gasteiger partial charge in [-0.05, 0) is 47.7 Å². The number of carbonyl (C=O) groups excluding carboxylic acids is 1. The van der Waals surface area contributed by atoms with Gasteiger partial charge in [0.15, 0.2) is 0 Å². The SMILES string of the molecule is O=C(NCCCCO)c1cc(Br)cn1C1CC1. The first-order valence-corrected chi connectivity index (χ1v) is 6.78. The summed E-state index contributed by atoms with van der Waals surface area (Å²) >= 11 is 3.41. The zero-order chi connectivity index (χ0) is 12.3. The van der Waals surface area contributed by atoms with Crippen LogP contribution >= 0.6 is 15.9 Å². The van der Waals surface area contributed by atoms with Crippen molar-refractivity contribution in [1.29, 1.82) is 0 Å². The molecule has 94 valence electrons. The molecule has 0 aromatic carbocycles. The largest absolute Gasteiger partial charge is 0.396 e. The number of hydrogen-bond donors (Lipinski definition) is 2. The quantitative estimate of drug-likeness (QED) is 0.791. The molecule has 0 aliphatic heterocycles. The Hall–Kier alpha value is -0.810. The molecule has 0 spiro atoms. The lowest BCUT2D eigenvalue weighted by Crippen LogP contribution is -2.26. The van der Waals surface area contributed by atoms with Crippen molar-refractivity contribution in [2.75, 3.05) is 13.2 Å². The predicted octanol–water partition coefficient (Wildman–Crippen LogP) is 2.09. The molecule has 0 radical (unpaired) electrons. The third-order valence-electron chi connectivity index (χ3n) is 2.86. The Morgan fingerprint density at radius 3 is 2.94 bits per heavy atom. The second-order valence-electron chi connectivity index (χ2n) is 4.37. The number of hydrogen-bond acceptors (Lipinski definition) is 2. The molecule has 1 aliphatic carbocycles. The molecular weight excluding hydrogens is 284 g/mol. The van der Waals surface area contributed by atoms with Crippen LogP contribution in [0.5, 0.6) is 0 Å². The van der Waals surface area contributed by atoms with E-state index in [4.69, 9.17) is 5.11 Å². The van der Waals surface area contributed by atoms with Crippen LogP contribution in [0.15, 0.2) is 16.7 Å². The van der Waals surface area contributed by atoms with E-state index >= 15 is 0 Å². The van der Waals surface area contributed by atoms with Crippen LogP contribution in [0.1, 0.15) is 42.2 Å². The number of aromatic nitrogens is 1. The van der Waals surface area contributed by atoms with Gasteiger partial charge in [-0.25, -0.2) is 0 Å². The van der Waals surface area contributed by atoms with Crippen molar-refractivity contribution in [3.05, 3.63) is 22.4 Å². The van der Waals surface area contributed by atoms with Crippen LogP contribution in [-0.2, 0) is 0 Å². The Morgan fingerprint density at radius 1 is 1.53 bits per heavy atom. The highest BCUT2D eigenvalue weighted by atomic mass is 79.9. The number of amides is 1. The van der Waals surface area contributed by atoms with E-state index in [9.17, 15) is 4.79 Å². The molecule has 0 saturated heterocycles. The molecule has 2 rings (SSSR count). The molecule has 0 atom stereocenters. The van der Waals surface area contributed by atoms with Gasteiger partial charge in [0, 0.05) is 29.9 Å². The number of aliphatic hydroxyl groups excluding tert-OH is 1. The lowest BCUT2D eigenvalue weighted by Gasteiger charge is -2.08. The zero-order valence-electron chi connectivity index (χ0n) is 9.66. The third-order valence-corrected chi connectivity index (χ3v) is 3.29. The van der Waals surface area contributed by atoms with E-state index in [-0.39, 0.29) is 12.5 Å². The number of aliphatic hydroxyl groups is 1. The van der Waals surface area contributed by atoms with Crippen molar-refractivity contribution in [2.45, 2.75) is 31.7 Å². The summed E-state index contributed by atoms with van der Waals surface area (Å²) in [5, 5.41) is 11.5. The van der Waals surface area contributed by atoms with Gasteiger partial charge in [0.2, 0.25) is 0 Å². The first kappa shape index (κ1) is 12.6. The normalized spacial score (nSPS) is 14.9. The minimum atomic E-state index is -0.0273. The molecule has 5 heteroatoms. The number of halogens is 1. The second-order valence-corrected chi connectivity index (χ2v) is 5.28. The van der Waals surface area contributed by atoms with Gasteiger partial charge >= 0.3 is 0 Å². The highest BCUT2D eigenvalue weighted by molar-refractivity contribution is 9.10. The maximum Gasteiger partial charge on any atom is 0.267 e. The molecule has 1 fully saturated rings. The molecule has 1 amide bonds. The fourth-order valence-electron chi connectivity index (χ4n) is 1.81. The van der Waals surface area contributed by atoms with Crippen LogP contribution in [0.25, 0.3) is 0 Å².